The average Bonchev–Trinajstić information content (AvgIpc) is 2.85. The molecule has 0 bridgehead atoms. The summed E-state index contributed by atoms with van der Waals surface area (Å²) in [7, 11) is 0. The van der Waals surface area contributed by atoms with E-state index in [-0.39, 0.29) is 11.8 Å². The molecule has 1 atom stereocenters. The first kappa shape index (κ1) is 13.3. The molecule has 2 nitrogen and oxygen atoms in total. The summed E-state index contributed by atoms with van der Waals surface area (Å²) in [5, 5.41) is 3.30. The smallest absolute Gasteiger partial charge is 0.179 e. The summed E-state index contributed by atoms with van der Waals surface area (Å²) in [5.74, 6) is 0.223. The molecule has 2 heteroatoms. The highest BCUT2D eigenvalue weighted by atomic mass is 16.1. The highest BCUT2D eigenvalue weighted by Crippen LogP contribution is 2.23. The number of aryl methyl sites for hydroxylation is 2. The normalized spacial score (nSPS) is 15.4. The van der Waals surface area contributed by atoms with Crippen LogP contribution in [0.15, 0.2) is 18.2 Å². The van der Waals surface area contributed by atoms with Gasteiger partial charge in [0.1, 0.15) is 0 Å². The van der Waals surface area contributed by atoms with Crippen LogP contribution in [0.4, 0.5) is 0 Å². The molecule has 0 amide bonds. The van der Waals surface area contributed by atoms with Gasteiger partial charge in [-0.1, -0.05) is 25.5 Å². The maximum Gasteiger partial charge on any atom is 0.179 e. The molecule has 0 saturated heterocycles. The van der Waals surface area contributed by atoms with Gasteiger partial charge < -0.3 is 5.32 Å². The molecule has 0 radical (unpaired) electrons. The zero-order valence-corrected chi connectivity index (χ0v) is 11.5. The van der Waals surface area contributed by atoms with E-state index in [1.165, 1.54) is 24.0 Å². The molecular weight excluding hydrogens is 222 g/mol. The van der Waals surface area contributed by atoms with Crippen LogP contribution in [0.25, 0.3) is 0 Å². The molecule has 0 fully saturated rings. The molecule has 0 saturated carbocycles. The number of Topliss-reactive ketones (excluding diaryl/α,β-unsaturated/α-hetero) is 1. The number of unbranched alkanes of at least 4 members (excludes halogenated alkanes) is 1. The molecule has 1 aromatic carbocycles. The second-order valence-corrected chi connectivity index (χ2v) is 5.23. The lowest BCUT2D eigenvalue weighted by atomic mass is 10.0. The van der Waals surface area contributed by atoms with Crippen LogP contribution < -0.4 is 5.32 Å². The number of hydrogen-bond donors (Lipinski definition) is 1. The van der Waals surface area contributed by atoms with E-state index in [9.17, 15) is 4.79 Å². The van der Waals surface area contributed by atoms with Gasteiger partial charge in [0.25, 0.3) is 0 Å². The zero-order valence-electron chi connectivity index (χ0n) is 11.5. The topological polar surface area (TPSA) is 29.1 Å². The maximum absolute atomic E-state index is 12.3. The molecule has 0 heterocycles. The van der Waals surface area contributed by atoms with Gasteiger partial charge in [-0.2, -0.15) is 0 Å². The predicted molar refractivity (Wildman–Crippen MR) is 75.2 cm³/mol. The number of benzene rings is 1. The summed E-state index contributed by atoms with van der Waals surface area (Å²) < 4.78 is 0. The van der Waals surface area contributed by atoms with E-state index in [0.717, 1.165) is 31.4 Å². The van der Waals surface area contributed by atoms with Crippen LogP contribution in [0.3, 0.4) is 0 Å². The Labute approximate surface area is 110 Å². The Kier molecular flexibility index (Phi) is 4.54. The van der Waals surface area contributed by atoms with Crippen LogP contribution in [0.1, 0.15) is 54.6 Å². The molecule has 0 aliphatic heterocycles. The number of carbonyl (C=O) groups is 1. The van der Waals surface area contributed by atoms with Crippen molar-refractivity contribution in [2.45, 2.75) is 52.0 Å². The lowest BCUT2D eigenvalue weighted by molar-refractivity contribution is 0.0951. The summed E-state index contributed by atoms with van der Waals surface area (Å²) in [6.07, 6.45) is 5.83. The molecule has 0 aromatic heterocycles. The van der Waals surface area contributed by atoms with Crippen molar-refractivity contribution in [3.8, 4) is 0 Å². The third-order valence-electron chi connectivity index (χ3n) is 3.76. The van der Waals surface area contributed by atoms with E-state index in [2.05, 4.69) is 24.4 Å². The van der Waals surface area contributed by atoms with Crippen molar-refractivity contribution in [3.63, 3.8) is 0 Å². The highest BCUT2D eigenvalue weighted by molar-refractivity contribution is 6.00. The van der Waals surface area contributed by atoms with Gasteiger partial charge in [-0.25, -0.2) is 0 Å². The van der Waals surface area contributed by atoms with Gasteiger partial charge in [-0.15, -0.1) is 0 Å². The minimum Gasteiger partial charge on any atom is -0.307 e. The van der Waals surface area contributed by atoms with Crippen molar-refractivity contribution in [2.24, 2.45) is 0 Å². The van der Waals surface area contributed by atoms with Crippen molar-refractivity contribution in [3.05, 3.63) is 34.9 Å². The quantitative estimate of drug-likeness (QED) is 0.616. The summed E-state index contributed by atoms with van der Waals surface area (Å²) in [6.45, 7) is 5.05. The number of rotatable bonds is 6. The second kappa shape index (κ2) is 6.14. The lowest BCUT2D eigenvalue weighted by Crippen LogP contribution is -2.34. The SMILES string of the molecule is CCCCNC(C)C(=O)c1ccc2c(c1)CCC2. The molecule has 1 aliphatic carbocycles. The van der Waals surface area contributed by atoms with Crippen molar-refractivity contribution in [2.75, 3.05) is 6.54 Å². The van der Waals surface area contributed by atoms with Crippen molar-refractivity contribution in [1.29, 1.82) is 0 Å². The van der Waals surface area contributed by atoms with Gasteiger partial charge in [0, 0.05) is 5.56 Å². The van der Waals surface area contributed by atoms with Gasteiger partial charge in [-0.3, -0.25) is 4.79 Å². The van der Waals surface area contributed by atoms with E-state index in [4.69, 9.17) is 0 Å². The molecule has 1 aromatic rings. The lowest BCUT2D eigenvalue weighted by Gasteiger charge is -2.13. The Bertz CT molecular complexity index is 425. The van der Waals surface area contributed by atoms with Crippen LogP contribution in [-0.4, -0.2) is 18.4 Å². The van der Waals surface area contributed by atoms with Crippen LogP contribution in [-0.2, 0) is 12.8 Å². The minimum absolute atomic E-state index is 0.0731. The Balaban J connectivity index is 2.00. The zero-order chi connectivity index (χ0) is 13.0. The third kappa shape index (κ3) is 2.99. The third-order valence-corrected chi connectivity index (χ3v) is 3.76. The Morgan fingerprint density at radius 3 is 2.89 bits per heavy atom. The molecule has 2 rings (SSSR count). The Morgan fingerprint density at radius 2 is 2.11 bits per heavy atom. The monoisotopic (exact) mass is 245 g/mol. The fourth-order valence-electron chi connectivity index (χ4n) is 2.56. The summed E-state index contributed by atoms with van der Waals surface area (Å²) in [4.78, 5) is 12.3. The first-order valence-electron chi connectivity index (χ1n) is 7.11. The molecule has 98 valence electrons. The van der Waals surface area contributed by atoms with Gasteiger partial charge in [-0.05, 0) is 56.3 Å². The number of hydrogen-bond acceptors (Lipinski definition) is 2. The minimum atomic E-state index is -0.0731. The standard InChI is InChI=1S/C16H23NO/c1-3-4-10-17-12(2)16(18)15-9-8-13-6-5-7-14(13)11-15/h8-9,11-12,17H,3-7,10H2,1-2H3. The molecule has 1 N–H and O–H groups in total. The van der Waals surface area contributed by atoms with Gasteiger partial charge >= 0.3 is 0 Å². The number of ketones is 1. The number of nitrogens with one attached hydrogen (secondary N) is 1. The van der Waals surface area contributed by atoms with Crippen LogP contribution in [0.5, 0.6) is 0 Å². The maximum atomic E-state index is 12.3. The van der Waals surface area contributed by atoms with E-state index < -0.39 is 0 Å². The summed E-state index contributed by atoms with van der Waals surface area (Å²) in [6, 6.07) is 6.15. The fourth-order valence-corrected chi connectivity index (χ4v) is 2.56. The molecule has 1 unspecified atom stereocenters. The first-order chi connectivity index (χ1) is 8.72. The first-order valence-corrected chi connectivity index (χ1v) is 7.11. The molecule has 0 spiro atoms. The Hall–Kier alpha value is -1.15. The van der Waals surface area contributed by atoms with E-state index >= 15 is 0 Å². The predicted octanol–water partition coefficient (Wildman–Crippen LogP) is 3.14. The Morgan fingerprint density at radius 1 is 1.33 bits per heavy atom. The van der Waals surface area contributed by atoms with Crippen LogP contribution in [0, 0.1) is 0 Å². The summed E-state index contributed by atoms with van der Waals surface area (Å²) >= 11 is 0. The van der Waals surface area contributed by atoms with Crippen molar-refractivity contribution < 1.29 is 4.79 Å². The molecular formula is C16H23NO. The molecule has 1 aliphatic rings. The largest absolute Gasteiger partial charge is 0.307 e. The summed E-state index contributed by atoms with van der Waals surface area (Å²) in [5.41, 5.74) is 3.67. The highest BCUT2D eigenvalue weighted by Gasteiger charge is 2.17. The van der Waals surface area contributed by atoms with Crippen LogP contribution >= 0.6 is 0 Å². The van der Waals surface area contributed by atoms with Crippen molar-refractivity contribution in [1.82, 2.24) is 5.32 Å². The van der Waals surface area contributed by atoms with E-state index in [1.807, 2.05) is 13.0 Å². The van der Waals surface area contributed by atoms with Crippen LogP contribution in [0.2, 0.25) is 0 Å². The van der Waals surface area contributed by atoms with Gasteiger partial charge in [0.2, 0.25) is 0 Å². The second-order valence-electron chi connectivity index (χ2n) is 5.23. The van der Waals surface area contributed by atoms with E-state index in [1.54, 1.807) is 0 Å². The number of fused-ring (bicyclic) bond motifs is 1. The van der Waals surface area contributed by atoms with E-state index in [0.29, 0.717) is 0 Å². The fraction of sp³-hybridized carbons (Fsp3) is 0.562. The average molecular weight is 245 g/mol. The molecule has 18 heavy (non-hydrogen) atoms. The number of carbonyl (C=O) groups excluding carboxylic acids is 1. The van der Waals surface area contributed by atoms with Gasteiger partial charge in [0.05, 0.1) is 6.04 Å². The van der Waals surface area contributed by atoms with Gasteiger partial charge in [0.15, 0.2) is 5.78 Å². The van der Waals surface area contributed by atoms with Crippen molar-refractivity contribution >= 4 is 5.78 Å².